The van der Waals surface area contributed by atoms with Crippen LogP contribution in [0.15, 0.2) is 60.9 Å². The van der Waals surface area contributed by atoms with Crippen molar-refractivity contribution >= 4 is 15.6 Å². The Bertz CT molecular complexity index is 686. The van der Waals surface area contributed by atoms with E-state index in [1.165, 1.54) is 44.6 Å². The molecule has 0 atom stereocenters. The fourth-order valence-electron chi connectivity index (χ4n) is 2.68. The summed E-state index contributed by atoms with van der Waals surface area (Å²) < 4.78 is 29.5. The molecule has 0 aromatic rings. The Morgan fingerprint density at radius 3 is 1.47 bits per heavy atom. The SMILES string of the molecule is O=P(O)(O)O/C=C/C=C/C=C/C=C/C=C/CCCCCCCCCCCCOP(=O)(O)O. The van der Waals surface area contributed by atoms with Gasteiger partial charge >= 0.3 is 15.6 Å². The largest absolute Gasteiger partial charge is 0.524 e. The van der Waals surface area contributed by atoms with Crippen molar-refractivity contribution in [1.82, 2.24) is 0 Å². The second kappa shape index (κ2) is 20.4. The molecule has 0 aliphatic rings. The maximum Gasteiger partial charge on any atom is 0.524 e. The summed E-state index contributed by atoms with van der Waals surface area (Å²) >= 11 is 0. The molecule has 0 aromatic carbocycles. The molecule has 10 heteroatoms. The lowest BCUT2D eigenvalue weighted by Gasteiger charge is -2.05. The maximum absolute atomic E-state index is 10.5. The van der Waals surface area contributed by atoms with Crippen molar-refractivity contribution in [2.75, 3.05) is 6.61 Å². The fourth-order valence-corrected chi connectivity index (χ4v) is 3.28. The first-order valence-electron chi connectivity index (χ1n) is 11.0. The maximum atomic E-state index is 10.5. The highest BCUT2D eigenvalue weighted by Crippen LogP contribution is 2.36. The van der Waals surface area contributed by atoms with Gasteiger partial charge in [-0.2, -0.15) is 0 Å². The van der Waals surface area contributed by atoms with E-state index in [4.69, 9.17) is 19.6 Å². The van der Waals surface area contributed by atoms with E-state index in [-0.39, 0.29) is 6.61 Å². The summed E-state index contributed by atoms with van der Waals surface area (Å²) in [5.74, 6) is 0. The third kappa shape index (κ3) is 28.8. The molecule has 4 N–H and O–H groups in total. The second-order valence-electron chi connectivity index (χ2n) is 7.16. The van der Waals surface area contributed by atoms with Gasteiger partial charge in [0.1, 0.15) is 0 Å². The first-order chi connectivity index (χ1) is 15.2. The van der Waals surface area contributed by atoms with Gasteiger partial charge in [-0.1, -0.05) is 100.0 Å². The van der Waals surface area contributed by atoms with Gasteiger partial charge in [0, 0.05) is 0 Å². The van der Waals surface area contributed by atoms with Crippen molar-refractivity contribution in [3.05, 3.63) is 60.9 Å². The zero-order valence-corrected chi connectivity index (χ0v) is 20.4. The molecule has 184 valence electrons. The molecule has 0 fully saturated rings. The number of phosphoric ester groups is 2. The lowest BCUT2D eigenvalue weighted by Crippen LogP contribution is -1.92. The minimum absolute atomic E-state index is 0.127. The van der Waals surface area contributed by atoms with Crippen LogP contribution in [0.3, 0.4) is 0 Å². The molecule has 0 bridgehead atoms. The molecule has 0 heterocycles. The van der Waals surface area contributed by atoms with Crippen LogP contribution in [0.5, 0.6) is 0 Å². The molecule has 0 spiro atoms. The number of phosphoric acid groups is 2. The molecule has 0 unspecified atom stereocenters. The van der Waals surface area contributed by atoms with Crippen LogP contribution in [0.2, 0.25) is 0 Å². The Balaban J connectivity index is 3.43. The Kier molecular flexibility index (Phi) is 19.6. The van der Waals surface area contributed by atoms with E-state index >= 15 is 0 Å². The summed E-state index contributed by atoms with van der Waals surface area (Å²) in [5.41, 5.74) is 0. The van der Waals surface area contributed by atoms with E-state index in [1.807, 2.05) is 24.3 Å². The van der Waals surface area contributed by atoms with Crippen molar-refractivity contribution in [2.24, 2.45) is 0 Å². The Labute approximate surface area is 191 Å². The van der Waals surface area contributed by atoms with E-state index in [9.17, 15) is 9.13 Å². The van der Waals surface area contributed by atoms with Gasteiger partial charge in [-0.15, -0.1) is 0 Å². The minimum atomic E-state index is -4.44. The van der Waals surface area contributed by atoms with Gasteiger partial charge in [-0.05, 0) is 25.3 Å². The van der Waals surface area contributed by atoms with Gasteiger partial charge in [0.25, 0.3) is 0 Å². The molecule has 0 rings (SSSR count). The average molecular weight is 492 g/mol. The molecular formula is C22H38O8P2. The Morgan fingerprint density at radius 2 is 0.969 bits per heavy atom. The van der Waals surface area contributed by atoms with E-state index in [0.717, 1.165) is 31.9 Å². The second-order valence-corrected chi connectivity index (χ2v) is 9.59. The first-order valence-corrected chi connectivity index (χ1v) is 14.0. The zero-order chi connectivity index (χ0) is 24.0. The van der Waals surface area contributed by atoms with Gasteiger partial charge in [0.05, 0.1) is 12.9 Å². The standard InChI is InChI=1S/C22H38O8P2/c23-31(24,25)29-21-19-17-15-13-11-9-7-5-3-1-2-4-6-8-10-12-14-16-18-20-22-30-32(26,27)28/h3,5,7,9,11,13,15,17,19,21H,1-2,4,6,8,10,12,14,16,18,20,22H2,(H2,23,24,25)(H2,26,27,28)/b5-3+,9-7+,13-11+,17-15+,21-19+. The van der Waals surface area contributed by atoms with Gasteiger partial charge in [-0.25, -0.2) is 9.13 Å². The topological polar surface area (TPSA) is 134 Å². The highest BCUT2D eigenvalue weighted by Gasteiger charge is 2.12. The summed E-state index contributed by atoms with van der Waals surface area (Å²) in [7, 11) is -8.75. The highest BCUT2D eigenvalue weighted by atomic mass is 31.2. The summed E-state index contributed by atoms with van der Waals surface area (Å²) in [5, 5.41) is 0. The summed E-state index contributed by atoms with van der Waals surface area (Å²) in [6, 6.07) is 0. The normalized spacial score (nSPS) is 13.6. The molecule has 0 radical (unpaired) electrons. The zero-order valence-electron chi connectivity index (χ0n) is 18.6. The fraction of sp³-hybridized carbons (Fsp3) is 0.545. The summed E-state index contributed by atoms with van der Waals surface area (Å²) in [6.45, 7) is 0.127. The molecule has 0 amide bonds. The van der Waals surface area contributed by atoms with Gasteiger partial charge in [0.15, 0.2) is 0 Å². The minimum Gasteiger partial charge on any atom is -0.412 e. The van der Waals surface area contributed by atoms with Gasteiger partial charge < -0.3 is 14.3 Å². The van der Waals surface area contributed by atoms with E-state index in [1.54, 1.807) is 18.2 Å². The van der Waals surface area contributed by atoms with Crippen LogP contribution in [0.4, 0.5) is 0 Å². The highest BCUT2D eigenvalue weighted by molar-refractivity contribution is 7.46. The predicted molar refractivity (Wildman–Crippen MR) is 128 cm³/mol. The number of hydrogen-bond donors (Lipinski definition) is 4. The smallest absolute Gasteiger partial charge is 0.412 e. The van der Waals surface area contributed by atoms with Crippen LogP contribution in [0.1, 0.15) is 70.6 Å². The van der Waals surface area contributed by atoms with E-state index in [2.05, 4.69) is 15.1 Å². The molecule has 8 nitrogen and oxygen atoms in total. The van der Waals surface area contributed by atoms with Gasteiger partial charge in [0.2, 0.25) is 0 Å². The third-order valence-electron chi connectivity index (χ3n) is 4.22. The molecule has 0 aliphatic heterocycles. The van der Waals surface area contributed by atoms with Crippen LogP contribution in [0.25, 0.3) is 0 Å². The van der Waals surface area contributed by atoms with Crippen LogP contribution in [-0.4, -0.2) is 26.2 Å². The first kappa shape index (κ1) is 30.8. The van der Waals surface area contributed by atoms with Crippen LogP contribution in [0, 0.1) is 0 Å². The van der Waals surface area contributed by atoms with Crippen molar-refractivity contribution in [2.45, 2.75) is 70.6 Å². The number of hydrogen-bond acceptors (Lipinski definition) is 4. The number of unbranched alkanes of at least 4 members (excludes halogenated alkanes) is 10. The lowest BCUT2D eigenvalue weighted by atomic mass is 10.1. The molecular weight excluding hydrogens is 454 g/mol. The molecule has 32 heavy (non-hydrogen) atoms. The van der Waals surface area contributed by atoms with Crippen molar-refractivity contribution in [1.29, 1.82) is 0 Å². The number of allylic oxidation sites excluding steroid dienone is 9. The van der Waals surface area contributed by atoms with Crippen molar-refractivity contribution in [3.63, 3.8) is 0 Å². The third-order valence-corrected chi connectivity index (χ3v) is 5.13. The van der Waals surface area contributed by atoms with Crippen molar-refractivity contribution < 1.29 is 37.8 Å². The van der Waals surface area contributed by atoms with E-state index in [0.29, 0.717) is 6.42 Å². The molecule has 0 aliphatic carbocycles. The van der Waals surface area contributed by atoms with Crippen LogP contribution >= 0.6 is 15.6 Å². The Hall–Kier alpha value is -1.24. The number of rotatable bonds is 20. The van der Waals surface area contributed by atoms with E-state index < -0.39 is 15.6 Å². The summed E-state index contributed by atoms with van der Waals surface area (Å²) in [6.07, 6.45) is 29.7. The summed E-state index contributed by atoms with van der Waals surface area (Å²) in [4.78, 5) is 34.1. The molecule has 0 aromatic heterocycles. The van der Waals surface area contributed by atoms with Crippen molar-refractivity contribution in [3.8, 4) is 0 Å². The Morgan fingerprint density at radius 1 is 0.531 bits per heavy atom. The van der Waals surface area contributed by atoms with Crippen LogP contribution < -0.4 is 0 Å². The molecule has 0 saturated carbocycles. The monoisotopic (exact) mass is 492 g/mol. The van der Waals surface area contributed by atoms with Crippen LogP contribution in [-0.2, 0) is 18.2 Å². The lowest BCUT2D eigenvalue weighted by molar-refractivity contribution is 0.193. The molecule has 0 saturated heterocycles. The average Bonchev–Trinajstić information content (AvgIpc) is 2.69. The van der Waals surface area contributed by atoms with Gasteiger partial charge in [-0.3, -0.25) is 14.3 Å². The predicted octanol–water partition coefficient (Wildman–Crippen LogP) is 6.23. The quantitative estimate of drug-likeness (QED) is 0.0680.